The van der Waals surface area contributed by atoms with Crippen molar-refractivity contribution in [3.05, 3.63) is 35.5 Å². The van der Waals surface area contributed by atoms with Gasteiger partial charge in [-0.25, -0.2) is 4.98 Å². The highest BCUT2D eigenvalue weighted by atomic mass is 16.5. The maximum atomic E-state index is 5.36. The summed E-state index contributed by atoms with van der Waals surface area (Å²) in [4.78, 5) is 11.6. The zero-order chi connectivity index (χ0) is 18.5. The van der Waals surface area contributed by atoms with Gasteiger partial charge in [0.05, 0.1) is 14.2 Å². The fraction of sp³-hybridized carbons (Fsp3) is 0.500. The first-order valence-electron chi connectivity index (χ1n) is 9.14. The van der Waals surface area contributed by atoms with Crippen molar-refractivity contribution in [1.29, 1.82) is 0 Å². The lowest BCUT2D eigenvalue weighted by atomic mass is 9.99. The van der Waals surface area contributed by atoms with Gasteiger partial charge in [-0.05, 0) is 43.4 Å². The Kier molecular flexibility index (Phi) is 5.81. The van der Waals surface area contributed by atoms with Gasteiger partial charge < -0.3 is 19.7 Å². The van der Waals surface area contributed by atoms with Crippen LogP contribution in [-0.4, -0.2) is 37.3 Å². The van der Waals surface area contributed by atoms with Crippen LogP contribution in [0, 0.1) is 12.8 Å². The molecule has 0 spiro atoms. The average Bonchev–Trinajstić information content (AvgIpc) is 2.66. The largest absolute Gasteiger partial charge is 0.493 e. The molecule has 3 rings (SSSR count). The molecule has 6 nitrogen and oxygen atoms in total. The molecule has 26 heavy (non-hydrogen) atoms. The first-order chi connectivity index (χ1) is 12.6. The summed E-state index contributed by atoms with van der Waals surface area (Å²) in [5, 5.41) is 3.33. The second-order valence-corrected chi connectivity index (χ2v) is 6.90. The van der Waals surface area contributed by atoms with Crippen LogP contribution in [0.2, 0.25) is 0 Å². The number of hydrogen-bond donors (Lipinski definition) is 1. The minimum Gasteiger partial charge on any atom is -0.493 e. The number of benzene rings is 1. The molecular formula is C20H28N4O2. The number of nitrogens with zero attached hydrogens (tertiary/aromatic N) is 3. The average molecular weight is 356 g/mol. The Morgan fingerprint density at radius 3 is 2.50 bits per heavy atom. The van der Waals surface area contributed by atoms with E-state index >= 15 is 0 Å². The summed E-state index contributed by atoms with van der Waals surface area (Å²) >= 11 is 0. The van der Waals surface area contributed by atoms with Crippen molar-refractivity contribution >= 4 is 11.8 Å². The Bertz CT molecular complexity index is 743. The van der Waals surface area contributed by atoms with Crippen molar-refractivity contribution in [3.63, 3.8) is 0 Å². The predicted octanol–water partition coefficient (Wildman–Crippen LogP) is 3.65. The van der Waals surface area contributed by atoms with E-state index in [2.05, 4.69) is 28.2 Å². The van der Waals surface area contributed by atoms with Gasteiger partial charge in [-0.3, -0.25) is 0 Å². The molecule has 1 fully saturated rings. The van der Waals surface area contributed by atoms with E-state index in [0.717, 1.165) is 47.6 Å². The van der Waals surface area contributed by atoms with Gasteiger partial charge in [0, 0.05) is 31.4 Å². The fourth-order valence-electron chi connectivity index (χ4n) is 3.20. The summed E-state index contributed by atoms with van der Waals surface area (Å²) in [5.41, 5.74) is 2.06. The van der Waals surface area contributed by atoms with Gasteiger partial charge in [0.25, 0.3) is 0 Å². The smallest absolute Gasteiger partial charge is 0.225 e. The van der Waals surface area contributed by atoms with E-state index in [1.165, 1.54) is 12.8 Å². The van der Waals surface area contributed by atoms with Crippen LogP contribution in [0.3, 0.4) is 0 Å². The lowest BCUT2D eigenvalue weighted by molar-refractivity contribution is 0.354. The molecule has 0 unspecified atom stereocenters. The topological polar surface area (TPSA) is 59.5 Å². The molecule has 1 aliphatic heterocycles. The number of aryl methyl sites for hydroxylation is 1. The summed E-state index contributed by atoms with van der Waals surface area (Å²) < 4.78 is 10.6. The highest BCUT2D eigenvalue weighted by molar-refractivity contribution is 5.47. The molecule has 0 amide bonds. The Hall–Kier alpha value is -2.50. The van der Waals surface area contributed by atoms with Gasteiger partial charge >= 0.3 is 0 Å². The van der Waals surface area contributed by atoms with Crippen LogP contribution < -0.4 is 19.7 Å². The maximum absolute atomic E-state index is 5.36. The molecule has 6 heteroatoms. The second-order valence-electron chi connectivity index (χ2n) is 6.90. The quantitative estimate of drug-likeness (QED) is 0.852. The minimum absolute atomic E-state index is 0.625. The lowest BCUT2D eigenvalue weighted by Gasteiger charge is -2.31. The van der Waals surface area contributed by atoms with Gasteiger partial charge in [-0.2, -0.15) is 4.98 Å². The molecule has 2 aromatic rings. The normalized spacial score (nSPS) is 15.0. The van der Waals surface area contributed by atoms with E-state index < -0.39 is 0 Å². The molecule has 0 aliphatic carbocycles. The van der Waals surface area contributed by atoms with Gasteiger partial charge in [0.2, 0.25) is 5.95 Å². The monoisotopic (exact) mass is 356 g/mol. The van der Waals surface area contributed by atoms with Crippen LogP contribution >= 0.6 is 0 Å². The van der Waals surface area contributed by atoms with E-state index in [0.29, 0.717) is 12.5 Å². The fourth-order valence-corrected chi connectivity index (χ4v) is 3.20. The molecule has 1 N–H and O–H groups in total. The molecule has 0 atom stereocenters. The number of anilines is 2. The van der Waals surface area contributed by atoms with Crippen LogP contribution in [0.25, 0.3) is 0 Å². The predicted molar refractivity (Wildman–Crippen MR) is 104 cm³/mol. The van der Waals surface area contributed by atoms with Crippen LogP contribution in [0.5, 0.6) is 11.5 Å². The third-order valence-corrected chi connectivity index (χ3v) is 4.85. The Morgan fingerprint density at radius 1 is 1.08 bits per heavy atom. The molecule has 1 aromatic carbocycles. The van der Waals surface area contributed by atoms with Crippen molar-refractivity contribution in [2.75, 3.05) is 37.5 Å². The van der Waals surface area contributed by atoms with Gasteiger partial charge in [-0.1, -0.05) is 13.0 Å². The molecule has 0 saturated carbocycles. The lowest BCUT2D eigenvalue weighted by Crippen LogP contribution is -2.33. The van der Waals surface area contributed by atoms with Crippen molar-refractivity contribution in [2.45, 2.75) is 33.2 Å². The van der Waals surface area contributed by atoms with Crippen LogP contribution in [-0.2, 0) is 6.54 Å². The summed E-state index contributed by atoms with van der Waals surface area (Å²) in [7, 11) is 3.28. The van der Waals surface area contributed by atoms with Gasteiger partial charge in [-0.15, -0.1) is 0 Å². The summed E-state index contributed by atoms with van der Waals surface area (Å²) in [6.45, 7) is 7.08. The van der Waals surface area contributed by atoms with E-state index in [4.69, 9.17) is 14.5 Å². The standard InChI is InChI=1S/C20H28N4O2/c1-14-7-9-24(10-8-14)19-11-15(2)22-20(23-19)21-13-16-5-6-17(25-3)18(12-16)26-4/h5-6,11-12,14H,7-10,13H2,1-4H3,(H,21,22,23). The number of nitrogens with one attached hydrogen (secondary N) is 1. The third kappa shape index (κ3) is 4.36. The van der Waals surface area contributed by atoms with Crippen molar-refractivity contribution < 1.29 is 9.47 Å². The second kappa shape index (κ2) is 8.25. The molecule has 1 aliphatic rings. The minimum atomic E-state index is 0.625. The van der Waals surface area contributed by atoms with E-state index in [9.17, 15) is 0 Å². The van der Waals surface area contributed by atoms with Gasteiger partial charge in [0.15, 0.2) is 11.5 Å². The zero-order valence-electron chi connectivity index (χ0n) is 16.1. The zero-order valence-corrected chi connectivity index (χ0v) is 16.1. The van der Waals surface area contributed by atoms with Crippen LogP contribution in [0.4, 0.5) is 11.8 Å². The molecule has 2 heterocycles. The molecule has 0 bridgehead atoms. The molecule has 140 valence electrons. The van der Waals surface area contributed by atoms with Crippen molar-refractivity contribution in [1.82, 2.24) is 9.97 Å². The summed E-state index contributed by atoms with van der Waals surface area (Å²) in [5.74, 6) is 3.93. The first kappa shape index (κ1) is 18.3. The number of piperidine rings is 1. The Balaban J connectivity index is 1.70. The SMILES string of the molecule is COc1ccc(CNc2nc(C)cc(N3CCC(C)CC3)n2)cc1OC. The van der Waals surface area contributed by atoms with Crippen LogP contribution in [0.1, 0.15) is 31.0 Å². The van der Waals surface area contributed by atoms with Crippen LogP contribution in [0.15, 0.2) is 24.3 Å². The molecular weight excluding hydrogens is 328 g/mol. The van der Waals surface area contributed by atoms with Crippen molar-refractivity contribution in [2.24, 2.45) is 5.92 Å². The Labute approximate surface area is 155 Å². The summed E-state index contributed by atoms with van der Waals surface area (Å²) in [6, 6.07) is 7.95. The van der Waals surface area contributed by atoms with E-state index in [1.54, 1.807) is 14.2 Å². The van der Waals surface area contributed by atoms with Crippen molar-refractivity contribution in [3.8, 4) is 11.5 Å². The third-order valence-electron chi connectivity index (χ3n) is 4.85. The number of methoxy groups -OCH3 is 2. The maximum Gasteiger partial charge on any atom is 0.225 e. The molecule has 1 aromatic heterocycles. The highest BCUT2D eigenvalue weighted by Crippen LogP contribution is 2.28. The highest BCUT2D eigenvalue weighted by Gasteiger charge is 2.18. The molecule has 1 saturated heterocycles. The van der Waals surface area contributed by atoms with Gasteiger partial charge in [0.1, 0.15) is 5.82 Å². The molecule has 0 radical (unpaired) electrons. The number of hydrogen-bond acceptors (Lipinski definition) is 6. The number of rotatable bonds is 6. The first-order valence-corrected chi connectivity index (χ1v) is 9.14. The number of ether oxygens (including phenoxy) is 2. The van der Waals surface area contributed by atoms with E-state index in [1.807, 2.05) is 25.1 Å². The summed E-state index contributed by atoms with van der Waals surface area (Å²) in [6.07, 6.45) is 2.44. The number of aromatic nitrogens is 2. The van der Waals surface area contributed by atoms with E-state index in [-0.39, 0.29) is 0 Å². The Morgan fingerprint density at radius 2 is 1.81 bits per heavy atom.